The maximum Gasteiger partial charge on any atom is 0.226 e. The van der Waals surface area contributed by atoms with Gasteiger partial charge < -0.3 is 9.47 Å². The normalized spacial score (nSPS) is 12.5. The third kappa shape index (κ3) is 5.70. The SMILES string of the molecule is CCC(Sc1cccc(C#N)c1C#N)S(=O)(=O)N(CCOC)CCOC. The van der Waals surface area contributed by atoms with Gasteiger partial charge in [0.2, 0.25) is 10.0 Å². The minimum absolute atomic E-state index is 0.203. The van der Waals surface area contributed by atoms with Crippen LogP contribution in [0.1, 0.15) is 24.5 Å². The van der Waals surface area contributed by atoms with E-state index in [2.05, 4.69) is 0 Å². The number of benzene rings is 1. The molecule has 0 amide bonds. The van der Waals surface area contributed by atoms with Crippen molar-refractivity contribution in [2.24, 2.45) is 0 Å². The molecule has 0 aliphatic heterocycles. The highest BCUT2D eigenvalue weighted by atomic mass is 32.3. The lowest BCUT2D eigenvalue weighted by Gasteiger charge is -2.26. The number of nitrogens with zero attached hydrogens (tertiary/aromatic N) is 3. The zero-order chi connectivity index (χ0) is 19.6. The Kier molecular flexibility index (Phi) is 9.63. The Bertz CT molecular complexity index is 761. The molecule has 0 aliphatic rings. The maximum absolute atomic E-state index is 13.1. The molecular formula is C17H23N3O4S2. The third-order valence-corrected chi connectivity index (χ3v) is 7.92. The molecule has 7 nitrogen and oxygen atoms in total. The first-order valence-corrected chi connectivity index (χ1v) is 10.4. The van der Waals surface area contributed by atoms with Crippen LogP contribution in [-0.2, 0) is 19.5 Å². The Morgan fingerprint density at radius 1 is 1.15 bits per heavy atom. The second-order valence-corrected chi connectivity index (χ2v) is 8.95. The van der Waals surface area contributed by atoms with Crippen LogP contribution in [0, 0.1) is 22.7 Å². The Hall–Kier alpha value is -1.62. The van der Waals surface area contributed by atoms with Gasteiger partial charge in [-0.1, -0.05) is 13.0 Å². The van der Waals surface area contributed by atoms with E-state index in [1.54, 1.807) is 25.1 Å². The van der Waals surface area contributed by atoms with Crippen molar-refractivity contribution in [2.75, 3.05) is 40.5 Å². The fourth-order valence-corrected chi connectivity index (χ4v) is 5.71. The van der Waals surface area contributed by atoms with Crippen LogP contribution < -0.4 is 0 Å². The van der Waals surface area contributed by atoms with Crippen molar-refractivity contribution in [1.29, 1.82) is 10.5 Å². The lowest BCUT2D eigenvalue weighted by Crippen LogP contribution is -2.41. The van der Waals surface area contributed by atoms with E-state index in [0.29, 0.717) is 11.3 Å². The predicted molar refractivity (Wildman–Crippen MR) is 100 cm³/mol. The highest BCUT2D eigenvalue weighted by molar-refractivity contribution is 8.12. The maximum atomic E-state index is 13.1. The predicted octanol–water partition coefficient (Wildman–Crippen LogP) is 2.18. The average molecular weight is 398 g/mol. The first-order chi connectivity index (χ1) is 12.5. The molecule has 0 spiro atoms. The summed E-state index contributed by atoms with van der Waals surface area (Å²) in [6, 6.07) is 8.82. The minimum Gasteiger partial charge on any atom is -0.383 e. The smallest absolute Gasteiger partial charge is 0.226 e. The lowest BCUT2D eigenvalue weighted by atomic mass is 10.1. The zero-order valence-corrected chi connectivity index (χ0v) is 16.8. The molecule has 0 fully saturated rings. The molecule has 1 aromatic carbocycles. The summed E-state index contributed by atoms with van der Waals surface area (Å²) in [4.78, 5) is 0.486. The molecule has 0 saturated carbocycles. The molecule has 26 heavy (non-hydrogen) atoms. The molecule has 142 valence electrons. The molecule has 0 radical (unpaired) electrons. The van der Waals surface area contributed by atoms with Crippen molar-refractivity contribution in [3.63, 3.8) is 0 Å². The van der Waals surface area contributed by atoms with Gasteiger partial charge in [0.05, 0.1) is 24.3 Å². The van der Waals surface area contributed by atoms with Gasteiger partial charge in [0.25, 0.3) is 0 Å². The van der Waals surface area contributed by atoms with Gasteiger partial charge in [-0.2, -0.15) is 14.8 Å². The van der Waals surface area contributed by atoms with Gasteiger partial charge in [-0.05, 0) is 18.6 Å². The first kappa shape index (κ1) is 22.4. The Morgan fingerprint density at radius 3 is 2.23 bits per heavy atom. The summed E-state index contributed by atoms with van der Waals surface area (Å²) in [5.74, 6) is 0. The number of sulfonamides is 1. The van der Waals surface area contributed by atoms with E-state index >= 15 is 0 Å². The van der Waals surface area contributed by atoms with E-state index in [4.69, 9.17) is 14.7 Å². The van der Waals surface area contributed by atoms with Crippen molar-refractivity contribution in [3.8, 4) is 12.1 Å². The van der Waals surface area contributed by atoms with Crippen LogP contribution in [0.25, 0.3) is 0 Å². The standard InChI is InChI=1S/C17H23N3O4S2/c1-4-17(25-16-7-5-6-14(12-18)15(16)13-19)26(21,22)20(8-10-23-2)9-11-24-3/h5-7,17H,4,8-11H2,1-3H3. The van der Waals surface area contributed by atoms with E-state index in [1.807, 2.05) is 12.1 Å². The summed E-state index contributed by atoms with van der Waals surface area (Å²) in [6.45, 7) is 2.78. The summed E-state index contributed by atoms with van der Waals surface area (Å²) in [5.41, 5.74) is 0.439. The summed E-state index contributed by atoms with van der Waals surface area (Å²) in [7, 11) is -0.629. The average Bonchev–Trinajstić information content (AvgIpc) is 2.65. The van der Waals surface area contributed by atoms with Crippen LogP contribution in [-0.4, -0.2) is 57.8 Å². The fraction of sp³-hybridized carbons (Fsp3) is 0.529. The molecule has 0 N–H and O–H groups in total. The largest absolute Gasteiger partial charge is 0.383 e. The number of nitriles is 2. The molecule has 0 heterocycles. The van der Waals surface area contributed by atoms with E-state index in [-0.39, 0.29) is 37.4 Å². The van der Waals surface area contributed by atoms with Crippen molar-refractivity contribution < 1.29 is 17.9 Å². The molecule has 1 atom stereocenters. The monoisotopic (exact) mass is 397 g/mol. The van der Waals surface area contributed by atoms with Crippen molar-refractivity contribution in [1.82, 2.24) is 4.31 Å². The number of methoxy groups -OCH3 is 2. The van der Waals surface area contributed by atoms with Crippen LogP contribution in [0.3, 0.4) is 0 Å². The molecule has 9 heteroatoms. The van der Waals surface area contributed by atoms with Gasteiger partial charge in [0.1, 0.15) is 16.7 Å². The van der Waals surface area contributed by atoms with Gasteiger partial charge in [-0.15, -0.1) is 11.8 Å². The number of rotatable bonds is 11. The molecule has 1 rings (SSSR count). The molecule has 0 aromatic heterocycles. The number of thioether (sulfide) groups is 1. The van der Waals surface area contributed by atoms with E-state index < -0.39 is 14.6 Å². The summed E-state index contributed by atoms with van der Waals surface area (Å²) in [5, 5.41) is 18.5. The van der Waals surface area contributed by atoms with Crippen LogP contribution in [0.4, 0.5) is 0 Å². The highest BCUT2D eigenvalue weighted by Gasteiger charge is 2.32. The summed E-state index contributed by atoms with van der Waals surface area (Å²) < 4.78 is 36.8. The van der Waals surface area contributed by atoms with Crippen molar-refractivity contribution >= 4 is 21.8 Å². The minimum atomic E-state index is -3.66. The van der Waals surface area contributed by atoms with Crippen molar-refractivity contribution in [2.45, 2.75) is 22.8 Å². The number of hydrogen-bond donors (Lipinski definition) is 0. The molecule has 0 saturated heterocycles. The van der Waals surface area contributed by atoms with E-state index in [9.17, 15) is 13.7 Å². The molecule has 1 unspecified atom stereocenters. The molecule has 0 bridgehead atoms. The number of hydrogen-bond acceptors (Lipinski definition) is 7. The van der Waals surface area contributed by atoms with Gasteiger partial charge >= 0.3 is 0 Å². The Labute approximate surface area is 159 Å². The first-order valence-electron chi connectivity index (χ1n) is 8.02. The third-order valence-electron chi connectivity index (χ3n) is 3.63. The van der Waals surface area contributed by atoms with E-state index in [1.165, 1.54) is 18.5 Å². The van der Waals surface area contributed by atoms with Crippen molar-refractivity contribution in [3.05, 3.63) is 29.3 Å². The van der Waals surface area contributed by atoms with Gasteiger partial charge in [-0.25, -0.2) is 8.42 Å². The Morgan fingerprint density at radius 2 is 1.77 bits per heavy atom. The topological polar surface area (TPSA) is 103 Å². The Balaban J connectivity index is 3.16. The zero-order valence-electron chi connectivity index (χ0n) is 15.1. The summed E-state index contributed by atoms with van der Waals surface area (Å²) in [6.07, 6.45) is 0.352. The molecule has 0 aliphatic carbocycles. The second-order valence-electron chi connectivity index (χ2n) is 5.29. The summed E-state index contributed by atoms with van der Waals surface area (Å²) >= 11 is 1.09. The lowest BCUT2D eigenvalue weighted by molar-refractivity contribution is 0.150. The van der Waals surface area contributed by atoms with E-state index in [0.717, 1.165) is 11.8 Å². The highest BCUT2D eigenvalue weighted by Crippen LogP contribution is 2.34. The number of ether oxygens (including phenoxy) is 2. The van der Waals surface area contributed by atoms with Crippen LogP contribution in [0.15, 0.2) is 23.1 Å². The van der Waals surface area contributed by atoms with Crippen LogP contribution in [0.5, 0.6) is 0 Å². The van der Waals surface area contributed by atoms with Crippen LogP contribution in [0.2, 0.25) is 0 Å². The quantitative estimate of drug-likeness (QED) is 0.527. The van der Waals surface area contributed by atoms with Gasteiger partial charge in [-0.3, -0.25) is 0 Å². The van der Waals surface area contributed by atoms with Gasteiger partial charge in [0, 0.05) is 32.2 Å². The molecular weight excluding hydrogens is 374 g/mol. The molecule has 1 aromatic rings. The van der Waals surface area contributed by atoms with Gasteiger partial charge in [0.15, 0.2) is 0 Å². The van der Waals surface area contributed by atoms with Crippen LogP contribution >= 0.6 is 11.8 Å². The fourth-order valence-electron chi connectivity index (χ4n) is 2.25. The second kappa shape index (κ2) is 11.2.